The first-order valence-corrected chi connectivity index (χ1v) is 4.71. The zero-order valence-electron chi connectivity index (χ0n) is 8.72. The van der Waals surface area contributed by atoms with E-state index in [1.54, 1.807) is 0 Å². The fraction of sp³-hybridized carbons (Fsp3) is 0.750. The summed E-state index contributed by atoms with van der Waals surface area (Å²) in [5, 5.41) is 11.8. The van der Waals surface area contributed by atoms with Crippen LogP contribution in [0.15, 0.2) is 4.52 Å². The van der Waals surface area contributed by atoms with Crippen LogP contribution in [0.5, 0.6) is 0 Å². The Morgan fingerprint density at radius 1 is 1.17 bits per heavy atom. The van der Waals surface area contributed by atoms with E-state index in [1.165, 1.54) is 0 Å². The summed E-state index contributed by atoms with van der Waals surface area (Å²) < 4.78 is 75.7. The van der Waals surface area contributed by atoms with Crippen LogP contribution in [0.1, 0.15) is 18.1 Å². The molecule has 0 amide bonds. The van der Waals surface area contributed by atoms with Gasteiger partial charge in [0.2, 0.25) is 5.89 Å². The molecular weight excluding hydrogens is 270 g/mol. The van der Waals surface area contributed by atoms with E-state index in [1.807, 2.05) is 0 Å². The second-order valence-electron chi connectivity index (χ2n) is 3.48. The van der Waals surface area contributed by atoms with Gasteiger partial charge in [-0.25, -0.2) is 0 Å². The Morgan fingerprint density at radius 3 is 2.28 bits per heavy atom. The highest BCUT2D eigenvalue weighted by Crippen LogP contribution is 2.23. The molecule has 104 valence electrons. The average molecular weight is 278 g/mol. The van der Waals surface area contributed by atoms with Crippen LogP contribution in [-0.2, 0) is 12.8 Å². The van der Waals surface area contributed by atoms with Crippen LogP contribution in [0.3, 0.4) is 0 Å². The largest absolute Gasteiger partial charge is 0.414 e. The molecule has 0 aliphatic heterocycles. The number of aryl methyl sites for hydroxylation is 1. The Labute approximate surface area is 96.6 Å². The number of hydrogen-bond donors (Lipinski definition) is 1. The Balaban J connectivity index is 2.54. The van der Waals surface area contributed by atoms with Crippen LogP contribution < -0.4 is 0 Å². The first-order chi connectivity index (χ1) is 8.08. The van der Waals surface area contributed by atoms with Crippen molar-refractivity contribution in [1.82, 2.24) is 10.1 Å². The summed E-state index contributed by atoms with van der Waals surface area (Å²) in [6.45, 7) is 0. The van der Waals surface area contributed by atoms with Crippen molar-refractivity contribution in [2.45, 2.75) is 37.7 Å². The summed E-state index contributed by atoms with van der Waals surface area (Å²) >= 11 is 0. The molecule has 4 nitrogen and oxygen atoms in total. The molecule has 0 bridgehead atoms. The van der Waals surface area contributed by atoms with Gasteiger partial charge >= 0.3 is 12.4 Å². The lowest BCUT2D eigenvalue weighted by Crippen LogP contribution is -2.30. The molecule has 0 saturated carbocycles. The van der Waals surface area contributed by atoms with Crippen molar-refractivity contribution < 1.29 is 36.0 Å². The van der Waals surface area contributed by atoms with Crippen molar-refractivity contribution >= 4 is 0 Å². The van der Waals surface area contributed by atoms with Gasteiger partial charge in [0.15, 0.2) is 11.9 Å². The lowest BCUT2D eigenvalue weighted by Gasteiger charge is -2.11. The van der Waals surface area contributed by atoms with Crippen molar-refractivity contribution in [2.24, 2.45) is 0 Å². The minimum Gasteiger partial charge on any atom is -0.383 e. The minimum atomic E-state index is -4.85. The quantitative estimate of drug-likeness (QED) is 0.856. The molecule has 1 heterocycles. The van der Waals surface area contributed by atoms with Gasteiger partial charge in [0.1, 0.15) is 0 Å². The molecule has 1 aromatic heterocycles. The van der Waals surface area contributed by atoms with Crippen molar-refractivity contribution in [1.29, 1.82) is 0 Å². The number of rotatable bonds is 4. The van der Waals surface area contributed by atoms with E-state index in [4.69, 9.17) is 5.11 Å². The molecule has 10 heteroatoms. The van der Waals surface area contributed by atoms with Gasteiger partial charge in [0, 0.05) is 6.42 Å². The monoisotopic (exact) mass is 278 g/mol. The Hall–Kier alpha value is -1.32. The predicted molar refractivity (Wildman–Crippen MR) is 44.4 cm³/mol. The Bertz CT molecular complexity index is 386. The third-order valence-corrected chi connectivity index (χ3v) is 1.89. The lowest BCUT2D eigenvalue weighted by molar-refractivity contribution is -0.204. The van der Waals surface area contributed by atoms with E-state index in [2.05, 4.69) is 14.7 Å². The van der Waals surface area contributed by atoms with Gasteiger partial charge in [-0.15, -0.1) is 0 Å². The number of aliphatic hydroxyl groups is 1. The van der Waals surface area contributed by atoms with Crippen LogP contribution in [0.2, 0.25) is 0 Å². The fourth-order valence-corrected chi connectivity index (χ4v) is 1.01. The molecule has 0 spiro atoms. The van der Waals surface area contributed by atoms with Gasteiger partial charge < -0.3 is 9.63 Å². The average Bonchev–Trinajstić information content (AvgIpc) is 2.60. The Kier molecular flexibility index (Phi) is 4.20. The van der Waals surface area contributed by atoms with Crippen molar-refractivity contribution in [3.63, 3.8) is 0 Å². The van der Waals surface area contributed by atoms with Crippen LogP contribution in [0.4, 0.5) is 26.3 Å². The van der Waals surface area contributed by atoms with E-state index >= 15 is 0 Å². The smallest absolute Gasteiger partial charge is 0.383 e. The number of aliphatic hydroxyl groups excluding tert-OH is 1. The topological polar surface area (TPSA) is 59.2 Å². The first kappa shape index (κ1) is 14.7. The van der Waals surface area contributed by atoms with Gasteiger partial charge in [-0.1, -0.05) is 5.16 Å². The van der Waals surface area contributed by atoms with E-state index < -0.39 is 43.6 Å². The molecule has 1 unspecified atom stereocenters. The van der Waals surface area contributed by atoms with Crippen LogP contribution in [-0.4, -0.2) is 33.7 Å². The molecule has 0 saturated heterocycles. The zero-order valence-corrected chi connectivity index (χ0v) is 8.72. The first-order valence-electron chi connectivity index (χ1n) is 4.71. The summed E-state index contributed by atoms with van der Waals surface area (Å²) in [5.41, 5.74) is 0. The molecule has 1 rings (SSSR count). The zero-order chi connectivity index (χ0) is 14.0. The summed E-state index contributed by atoms with van der Waals surface area (Å²) in [6, 6.07) is 0. The van der Waals surface area contributed by atoms with Crippen LogP contribution in [0.25, 0.3) is 0 Å². The molecule has 18 heavy (non-hydrogen) atoms. The standard InChI is InChI=1S/C8H8F6N2O2/c9-7(10,11)2-1-5-15-6(18-16-5)3-4(17)8(12,13)14/h4,17H,1-3H2. The SMILES string of the molecule is OC(Cc1nc(CCC(F)(F)F)no1)C(F)(F)F. The van der Waals surface area contributed by atoms with E-state index in [-0.39, 0.29) is 5.82 Å². The maximum atomic E-state index is 12.0. The lowest BCUT2D eigenvalue weighted by atomic mass is 10.2. The molecule has 0 aliphatic rings. The number of aromatic nitrogens is 2. The second-order valence-corrected chi connectivity index (χ2v) is 3.48. The molecule has 1 N–H and O–H groups in total. The summed E-state index contributed by atoms with van der Waals surface area (Å²) in [7, 11) is 0. The minimum absolute atomic E-state index is 0.350. The van der Waals surface area contributed by atoms with Crippen molar-refractivity contribution in [3.8, 4) is 0 Å². The highest BCUT2D eigenvalue weighted by molar-refractivity contribution is 4.90. The van der Waals surface area contributed by atoms with E-state index in [9.17, 15) is 26.3 Å². The van der Waals surface area contributed by atoms with Gasteiger partial charge in [-0.05, 0) is 0 Å². The summed E-state index contributed by atoms with van der Waals surface area (Å²) in [4.78, 5) is 3.33. The number of halogens is 6. The van der Waals surface area contributed by atoms with Crippen molar-refractivity contribution in [2.75, 3.05) is 0 Å². The molecule has 0 radical (unpaired) electrons. The van der Waals surface area contributed by atoms with Gasteiger partial charge in [0.25, 0.3) is 0 Å². The third kappa shape index (κ3) is 4.90. The maximum Gasteiger partial charge on any atom is 0.414 e. The van der Waals surface area contributed by atoms with Gasteiger partial charge in [0.05, 0.1) is 12.8 Å². The summed E-state index contributed by atoms with van der Waals surface area (Å²) in [5.74, 6) is -0.909. The highest BCUT2D eigenvalue weighted by Gasteiger charge is 2.39. The van der Waals surface area contributed by atoms with Crippen LogP contribution >= 0.6 is 0 Å². The van der Waals surface area contributed by atoms with E-state index in [0.29, 0.717) is 0 Å². The number of hydrogen-bond acceptors (Lipinski definition) is 4. The molecular formula is C8H8F6N2O2. The van der Waals surface area contributed by atoms with Crippen molar-refractivity contribution in [3.05, 3.63) is 11.7 Å². The molecule has 0 aliphatic carbocycles. The number of nitrogens with zero attached hydrogens (tertiary/aromatic N) is 2. The normalized spacial score (nSPS) is 14.8. The third-order valence-electron chi connectivity index (χ3n) is 1.89. The highest BCUT2D eigenvalue weighted by atomic mass is 19.4. The number of alkyl halides is 6. The van der Waals surface area contributed by atoms with Gasteiger partial charge in [-0.3, -0.25) is 0 Å². The molecule has 0 aromatic carbocycles. The maximum absolute atomic E-state index is 12.0. The van der Waals surface area contributed by atoms with E-state index in [0.717, 1.165) is 0 Å². The summed E-state index contributed by atoms with van der Waals surface area (Å²) in [6.07, 6.45) is -14.7. The predicted octanol–water partition coefficient (Wildman–Crippen LogP) is 2.03. The second kappa shape index (κ2) is 5.12. The molecule has 1 atom stereocenters. The van der Waals surface area contributed by atoms with Crippen LogP contribution in [0, 0.1) is 0 Å². The Morgan fingerprint density at radius 2 is 1.78 bits per heavy atom. The molecule has 0 fully saturated rings. The fourth-order valence-electron chi connectivity index (χ4n) is 1.01. The van der Waals surface area contributed by atoms with Gasteiger partial charge in [-0.2, -0.15) is 31.3 Å². The molecule has 1 aromatic rings.